The maximum Gasteiger partial charge on any atom is 0.262 e. The monoisotopic (exact) mass is 420 g/mol. The van der Waals surface area contributed by atoms with Crippen molar-refractivity contribution in [2.45, 2.75) is 23.3 Å². The maximum atomic E-state index is 12.0. The molecule has 2 aliphatic rings. The Balaban J connectivity index is 1.47. The molecule has 4 amide bonds. The molecular formula is C16H16N6O4S2. The van der Waals surface area contributed by atoms with Crippen molar-refractivity contribution in [3.8, 4) is 0 Å². The van der Waals surface area contributed by atoms with Crippen molar-refractivity contribution < 1.29 is 19.2 Å². The van der Waals surface area contributed by atoms with E-state index in [2.05, 4.69) is 20.6 Å². The third kappa shape index (κ3) is 5.10. The molecule has 0 saturated carbocycles. The number of nitrogens with one attached hydrogen (secondary N) is 2. The Morgan fingerprint density at radius 1 is 0.821 bits per heavy atom. The Hall–Kier alpha value is -2.86. The average Bonchev–Trinajstić information content (AvgIpc) is 3.09. The molecule has 0 bridgehead atoms. The minimum Gasteiger partial charge on any atom is -0.378 e. The standard InChI is InChI=1S/C16H16N6O4S2/c17-15-21-13(25)9(27-15)5-11(23)19-7-1-2-8(4-3-7)20-12(24)6-10-14(26)22-16(18)28-10/h1-4,9-10H,5-6H2,(H,19,23)(H,20,24)(H2,17,21,25)(H2,18,22,26)/t9-,10+. The number of thioether (sulfide) groups is 2. The van der Waals surface area contributed by atoms with Gasteiger partial charge in [-0.05, 0) is 24.3 Å². The Morgan fingerprint density at radius 2 is 1.18 bits per heavy atom. The fraction of sp³-hybridized carbons (Fsp3) is 0.250. The molecule has 0 aromatic heterocycles. The van der Waals surface area contributed by atoms with Crippen molar-refractivity contribution in [1.29, 1.82) is 0 Å². The molecule has 0 fully saturated rings. The van der Waals surface area contributed by atoms with E-state index in [1.807, 2.05) is 0 Å². The summed E-state index contributed by atoms with van der Waals surface area (Å²) in [5.74, 6) is -1.52. The number of carbonyl (C=O) groups excluding carboxylic acids is 4. The highest BCUT2D eigenvalue weighted by Gasteiger charge is 2.30. The summed E-state index contributed by atoms with van der Waals surface area (Å²) in [6.45, 7) is 0. The van der Waals surface area contributed by atoms with Crippen LogP contribution in [-0.4, -0.2) is 44.5 Å². The number of benzene rings is 1. The van der Waals surface area contributed by atoms with E-state index in [-0.39, 0.29) is 35.0 Å². The fourth-order valence-electron chi connectivity index (χ4n) is 2.46. The van der Waals surface area contributed by atoms with Crippen LogP contribution >= 0.6 is 23.5 Å². The second-order valence-electron chi connectivity index (χ2n) is 5.87. The number of rotatable bonds is 6. The molecule has 10 nitrogen and oxygen atoms in total. The topological polar surface area (TPSA) is 169 Å². The number of hydrogen-bond donors (Lipinski definition) is 4. The highest BCUT2D eigenvalue weighted by molar-refractivity contribution is 8.15. The fourth-order valence-corrected chi connectivity index (χ4v) is 4.11. The van der Waals surface area contributed by atoms with E-state index in [1.54, 1.807) is 24.3 Å². The number of hydrogen-bond acceptors (Lipinski definition) is 8. The lowest BCUT2D eigenvalue weighted by Crippen LogP contribution is -2.22. The molecule has 0 spiro atoms. The minimum atomic E-state index is -0.604. The number of nitrogens with two attached hydrogens (primary N) is 2. The molecule has 1 aromatic carbocycles. The normalized spacial score (nSPS) is 21.3. The highest BCUT2D eigenvalue weighted by atomic mass is 32.2. The first kappa shape index (κ1) is 19.9. The van der Waals surface area contributed by atoms with Crippen molar-refractivity contribution in [3.05, 3.63) is 24.3 Å². The average molecular weight is 420 g/mol. The molecule has 0 unspecified atom stereocenters. The summed E-state index contributed by atoms with van der Waals surface area (Å²) in [5, 5.41) is 4.45. The van der Waals surface area contributed by atoms with Crippen LogP contribution in [0.1, 0.15) is 12.8 Å². The molecule has 2 atom stereocenters. The number of nitrogens with zero attached hydrogens (tertiary/aromatic N) is 2. The van der Waals surface area contributed by atoms with Crippen molar-refractivity contribution >= 4 is 68.9 Å². The van der Waals surface area contributed by atoms with Gasteiger partial charge in [0.1, 0.15) is 10.5 Å². The highest BCUT2D eigenvalue weighted by Crippen LogP contribution is 2.25. The lowest BCUT2D eigenvalue weighted by Gasteiger charge is -2.10. The molecule has 3 rings (SSSR count). The van der Waals surface area contributed by atoms with E-state index in [0.29, 0.717) is 11.4 Å². The Labute approximate surface area is 168 Å². The number of amides is 4. The van der Waals surface area contributed by atoms with Gasteiger partial charge >= 0.3 is 0 Å². The lowest BCUT2D eigenvalue weighted by atomic mass is 10.2. The summed E-state index contributed by atoms with van der Waals surface area (Å²) in [7, 11) is 0. The van der Waals surface area contributed by atoms with Gasteiger partial charge in [-0.3, -0.25) is 19.2 Å². The largest absolute Gasteiger partial charge is 0.378 e. The lowest BCUT2D eigenvalue weighted by molar-refractivity contribution is -0.121. The molecular weight excluding hydrogens is 404 g/mol. The van der Waals surface area contributed by atoms with Gasteiger partial charge in [-0.15, -0.1) is 0 Å². The van der Waals surface area contributed by atoms with Crippen LogP contribution in [0.15, 0.2) is 34.3 Å². The number of carbonyl (C=O) groups is 4. The van der Waals surface area contributed by atoms with Crippen LogP contribution in [0.3, 0.4) is 0 Å². The summed E-state index contributed by atoms with van der Waals surface area (Å²) < 4.78 is 0. The van der Waals surface area contributed by atoms with E-state index in [9.17, 15) is 19.2 Å². The number of aliphatic imine (C=N–C) groups is 2. The van der Waals surface area contributed by atoms with Crippen molar-refractivity contribution in [1.82, 2.24) is 0 Å². The van der Waals surface area contributed by atoms with E-state index >= 15 is 0 Å². The van der Waals surface area contributed by atoms with Crippen LogP contribution in [0.25, 0.3) is 0 Å². The second-order valence-corrected chi connectivity index (χ2v) is 8.32. The van der Waals surface area contributed by atoms with Crippen LogP contribution in [0.4, 0.5) is 11.4 Å². The van der Waals surface area contributed by atoms with Crippen LogP contribution in [0, 0.1) is 0 Å². The third-order valence-electron chi connectivity index (χ3n) is 3.71. The molecule has 2 heterocycles. The first-order valence-corrected chi connectivity index (χ1v) is 9.85. The van der Waals surface area contributed by atoms with Crippen LogP contribution in [0.2, 0.25) is 0 Å². The van der Waals surface area contributed by atoms with Crippen molar-refractivity contribution in [3.63, 3.8) is 0 Å². The maximum absolute atomic E-state index is 12.0. The van der Waals surface area contributed by atoms with E-state index in [4.69, 9.17) is 11.5 Å². The zero-order valence-electron chi connectivity index (χ0n) is 14.4. The molecule has 6 N–H and O–H groups in total. The first-order chi connectivity index (χ1) is 13.3. The van der Waals surface area contributed by atoms with Gasteiger partial charge in [0.05, 0.1) is 0 Å². The predicted molar refractivity (Wildman–Crippen MR) is 109 cm³/mol. The van der Waals surface area contributed by atoms with Crippen LogP contribution in [0.5, 0.6) is 0 Å². The summed E-state index contributed by atoms with van der Waals surface area (Å²) >= 11 is 2.13. The van der Waals surface area contributed by atoms with E-state index in [1.165, 1.54) is 0 Å². The predicted octanol–water partition coefficient (Wildman–Crippen LogP) is 0.257. The van der Waals surface area contributed by atoms with Crippen LogP contribution in [-0.2, 0) is 19.2 Å². The second kappa shape index (κ2) is 8.44. The minimum absolute atomic E-state index is 0.0372. The molecule has 0 radical (unpaired) electrons. The van der Waals surface area contributed by atoms with E-state index < -0.39 is 22.3 Å². The van der Waals surface area contributed by atoms with Gasteiger partial charge in [-0.25, -0.2) is 0 Å². The Bertz CT molecular complexity index is 826. The summed E-state index contributed by atoms with van der Waals surface area (Å²) in [6, 6.07) is 6.44. The number of amidine groups is 2. The van der Waals surface area contributed by atoms with Gasteiger partial charge in [0, 0.05) is 24.2 Å². The molecule has 146 valence electrons. The van der Waals surface area contributed by atoms with E-state index in [0.717, 1.165) is 23.5 Å². The zero-order chi connectivity index (χ0) is 20.3. The van der Waals surface area contributed by atoms with Gasteiger partial charge in [0.15, 0.2) is 10.3 Å². The van der Waals surface area contributed by atoms with Gasteiger partial charge in [-0.2, -0.15) is 9.98 Å². The molecule has 28 heavy (non-hydrogen) atoms. The molecule has 12 heteroatoms. The number of anilines is 2. The quantitative estimate of drug-likeness (QED) is 0.508. The van der Waals surface area contributed by atoms with Gasteiger partial charge < -0.3 is 22.1 Å². The SMILES string of the molecule is NC1=NC(=O)[C@H](CC(=O)Nc2ccc(NC(=O)C[C@H]3SC(N)=NC3=O)cc2)S1. The summed E-state index contributed by atoms with van der Waals surface area (Å²) in [6.07, 6.45) is -0.0745. The molecule has 1 aromatic rings. The van der Waals surface area contributed by atoms with Crippen molar-refractivity contribution in [2.75, 3.05) is 10.6 Å². The smallest absolute Gasteiger partial charge is 0.262 e. The van der Waals surface area contributed by atoms with Gasteiger partial charge in [-0.1, -0.05) is 23.5 Å². The van der Waals surface area contributed by atoms with Crippen LogP contribution < -0.4 is 22.1 Å². The molecule has 2 aliphatic heterocycles. The Morgan fingerprint density at radius 3 is 1.46 bits per heavy atom. The van der Waals surface area contributed by atoms with Crippen molar-refractivity contribution in [2.24, 2.45) is 21.5 Å². The third-order valence-corrected chi connectivity index (χ3v) is 5.68. The van der Waals surface area contributed by atoms with Gasteiger partial charge in [0.2, 0.25) is 11.8 Å². The molecule has 0 saturated heterocycles. The first-order valence-electron chi connectivity index (χ1n) is 8.09. The summed E-state index contributed by atoms with van der Waals surface area (Å²) in [5.41, 5.74) is 11.9. The zero-order valence-corrected chi connectivity index (χ0v) is 16.0. The Kier molecular flexibility index (Phi) is 5.99. The summed E-state index contributed by atoms with van der Waals surface area (Å²) in [4.78, 5) is 54.3. The molecule has 0 aliphatic carbocycles. The van der Waals surface area contributed by atoms with Gasteiger partial charge in [0.25, 0.3) is 11.8 Å².